The second-order valence-corrected chi connectivity index (χ2v) is 7.50. The molecule has 0 spiro atoms. The monoisotopic (exact) mass is 448 g/mol. The Morgan fingerprint density at radius 3 is 2.31 bits per heavy atom. The summed E-state index contributed by atoms with van der Waals surface area (Å²) in [5.41, 5.74) is 0.543. The molecule has 6 N–H and O–H groups in total. The van der Waals surface area contributed by atoms with Crippen LogP contribution >= 0.6 is 0 Å². The molecule has 6 atom stereocenters. The lowest BCUT2D eigenvalue weighted by molar-refractivity contribution is -0.271. The second kappa shape index (κ2) is 8.28. The maximum Gasteiger partial charge on any atom is 0.335 e. The number of hydrogen-bond donors (Lipinski definition) is 6. The molecule has 2 aliphatic rings. The first-order valence-corrected chi connectivity index (χ1v) is 9.60. The topological polar surface area (TPSA) is 183 Å². The third kappa shape index (κ3) is 3.94. The standard InChI is InChI=1S/C21H20O11/c22-9-3-1-8(2-4-9)12-7-11(24)15-13(30-12)5-10(23)6-14(15)31-21-18(27)16(25)17(26)19(32-21)20(28)29/h1-6,12,16-19,21-23,25-27H,7H2,(H,28,29)/t12-,16-,17-,18+,19-,21+/m0/s1. The number of aliphatic hydroxyl groups is 3. The maximum absolute atomic E-state index is 12.9. The highest BCUT2D eigenvalue weighted by Gasteiger charge is 2.48. The average molecular weight is 448 g/mol. The van der Waals surface area contributed by atoms with Crippen LogP contribution in [0.15, 0.2) is 36.4 Å². The van der Waals surface area contributed by atoms with Gasteiger partial charge in [0.25, 0.3) is 0 Å². The Hall–Kier alpha value is -3.38. The van der Waals surface area contributed by atoms with E-state index in [9.17, 15) is 35.1 Å². The summed E-state index contributed by atoms with van der Waals surface area (Å²) in [6, 6.07) is 8.31. The van der Waals surface area contributed by atoms with Crippen molar-refractivity contribution in [2.24, 2.45) is 0 Å². The molecule has 0 unspecified atom stereocenters. The van der Waals surface area contributed by atoms with Crippen molar-refractivity contribution in [3.63, 3.8) is 0 Å². The number of aliphatic hydroxyl groups excluding tert-OH is 3. The van der Waals surface area contributed by atoms with Crippen LogP contribution in [0.25, 0.3) is 0 Å². The van der Waals surface area contributed by atoms with E-state index in [0.29, 0.717) is 5.56 Å². The number of aromatic hydroxyl groups is 2. The van der Waals surface area contributed by atoms with Crippen molar-refractivity contribution >= 4 is 11.8 Å². The molecule has 32 heavy (non-hydrogen) atoms. The minimum Gasteiger partial charge on any atom is -0.508 e. The van der Waals surface area contributed by atoms with Gasteiger partial charge in [0.05, 0.1) is 6.42 Å². The highest BCUT2D eigenvalue weighted by molar-refractivity contribution is 6.02. The summed E-state index contributed by atoms with van der Waals surface area (Å²) >= 11 is 0. The molecule has 0 radical (unpaired) electrons. The van der Waals surface area contributed by atoms with E-state index in [1.54, 1.807) is 12.1 Å². The molecule has 1 saturated heterocycles. The Labute approximate surface area is 180 Å². The van der Waals surface area contributed by atoms with Crippen LogP contribution in [0.5, 0.6) is 23.0 Å². The van der Waals surface area contributed by atoms with Gasteiger partial charge in [-0.25, -0.2) is 4.79 Å². The third-order valence-electron chi connectivity index (χ3n) is 5.29. The van der Waals surface area contributed by atoms with E-state index in [1.165, 1.54) is 18.2 Å². The van der Waals surface area contributed by atoms with Gasteiger partial charge in [0.15, 0.2) is 11.9 Å². The van der Waals surface area contributed by atoms with Gasteiger partial charge in [-0.2, -0.15) is 0 Å². The van der Waals surface area contributed by atoms with Gasteiger partial charge in [0.1, 0.15) is 53.0 Å². The average Bonchev–Trinajstić information content (AvgIpc) is 2.73. The minimum absolute atomic E-state index is 0.0185. The Balaban J connectivity index is 1.64. The lowest BCUT2D eigenvalue weighted by atomic mass is 9.95. The van der Waals surface area contributed by atoms with Crippen LogP contribution in [0.4, 0.5) is 0 Å². The van der Waals surface area contributed by atoms with Crippen LogP contribution in [0, 0.1) is 0 Å². The molecule has 11 nitrogen and oxygen atoms in total. The number of fused-ring (bicyclic) bond motifs is 1. The fraction of sp³-hybridized carbons (Fsp3) is 0.333. The number of ether oxygens (including phenoxy) is 3. The third-order valence-corrected chi connectivity index (χ3v) is 5.29. The number of benzene rings is 2. The van der Waals surface area contributed by atoms with Crippen LogP contribution in [-0.4, -0.2) is 73.1 Å². The van der Waals surface area contributed by atoms with Crippen LogP contribution < -0.4 is 9.47 Å². The van der Waals surface area contributed by atoms with Crippen LogP contribution in [0.2, 0.25) is 0 Å². The summed E-state index contributed by atoms with van der Waals surface area (Å²) in [5, 5.41) is 58.6. The predicted molar refractivity (Wildman–Crippen MR) is 103 cm³/mol. The zero-order valence-electron chi connectivity index (χ0n) is 16.4. The van der Waals surface area contributed by atoms with E-state index in [0.717, 1.165) is 6.07 Å². The first kappa shape index (κ1) is 21.8. The number of aliphatic carboxylic acids is 1. The number of hydrogen-bond acceptors (Lipinski definition) is 10. The number of carboxylic acids is 1. The fourth-order valence-electron chi connectivity index (χ4n) is 3.65. The zero-order valence-corrected chi connectivity index (χ0v) is 16.4. The predicted octanol–water partition coefficient (Wildman–Crippen LogP) is 0.0753. The molecule has 2 aromatic carbocycles. The SMILES string of the molecule is O=C1C[C@@H](c2ccc(O)cc2)Oc2cc(O)cc(O[C@@H]3O[C@H](C(=O)O)[C@@H](O)[C@H](O)[C@H]3O)c21. The molecule has 0 aromatic heterocycles. The van der Waals surface area contributed by atoms with Crippen molar-refractivity contribution in [1.82, 2.24) is 0 Å². The highest BCUT2D eigenvalue weighted by atomic mass is 16.7. The van der Waals surface area contributed by atoms with Gasteiger partial charge in [-0.1, -0.05) is 12.1 Å². The number of phenolic OH excluding ortho intramolecular Hbond substituents is 2. The van der Waals surface area contributed by atoms with E-state index in [1.807, 2.05) is 0 Å². The van der Waals surface area contributed by atoms with Gasteiger partial charge in [-0.3, -0.25) is 4.79 Å². The van der Waals surface area contributed by atoms with Crippen molar-refractivity contribution in [2.75, 3.05) is 0 Å². The second-order valence-electron chi connectivity index (χ2n) is 7.50. The Kier molecular flexibility index (Phi) is 5.65. The first-order valence-electron chi connectivity index (χ1n) is 9.60. The minimum atomic E-state index is -1.91. The van der Waals surface area contributed by atoms with Gasteiger partial charge >= 0.3 is 5.97 Å². The summed E-state index contributed by atoms with van der Waals surface area (Å²) < 4.78 is 16.4. The number of carbonyl (C=O) groups is 2. The summed E-state index contributed by atoms with van der Waals surface area (Å²) in [5.74, 6) is -2.60. The van der Waals surface area contributed by atoms with E-state index in [-0.39, 0.29) is 35.0 Å². The molecule has 0 aliphatic carbocycles. The van der Waals surface area contributed by atoms with Crippen LogP contribution in [0.1, 0.15) is 28.4 Å². The largest absolute Gasteiger partial charge is 0.508 e. The Morgan fingerprint density at radius 2 is 1.66 bits per heavy atom. The van der Waals surface area contributed by atoms with Gasteiger partial charge in [0, 0.05) is 12.1 Å². The fourth-order valence-corrected chi connectivity index (χ4v) is 3.65. The van der Waals surface area contributed by atoms with Gasteiger partial charge in [-0.05, 0) is 17.7 Å². The number of carbonyl (C=O) groups excluding carboxylic acids is 1. The van der Waals surface area contributed by atoms with Crippen molar-refractivity contribution in [3.05, 3.63) is 47.5 Å². The maximum atomic E-state index is 12.9. The molecule has 11 heteroatoms. The van der Waals surface area contributed by atoms with E-state index < -0.39 is 48.6 Å². The van der Waals surface area contributed by atoms with Crippen LogP contribution in [-0.2, 0) is 9.53 Å². The molecule has 1 fully saturated rings. The zero-order chi connectivity index (χ0) is 23.2. The smallest absolute Gasteiger partial charge is 0.335 e. The van der Waals surface area contributed by atoms with Crippen molar-refractivity contribution in [3.8, 4) is 23.0 Å². The Bertz CT molecular complexity index is 1030. The number of Topliss-reactive ketones (excluding diaryl/α,β-unsaturated/α-hetero) is 1. The number of rotatable bonds is 4. The molecule has 2 aromatic rings. The van der Waals surface area contributed by atoms with Crippen molar-refractivity contribution < 1.29 is 54.4 Å². The first-order chi connectivity index (χ1) is 15.2. The van der Waals surface area contributed by atoms with Crippen molar-refractivity contribution in [2.45, 2.75) is 43.2 Å². The quantitative estimate of drug-likeness (QED) is 0.372. The molecule has 2 aliphatic heterocycles. The van der Waals surface area contributed by atoms with Gasteiger partial charge in [-0.15, -0.1) is 0 Å². The molecular formula is C21H20O11. The molecule has 2 heterocycles. The number of ketones is 1. The molecule has 0 saturated carbocycles. The molecule has 4 rings (SSSR count). The number of phenols is 2. The molecule has 0 bridgehead atoms. The van der Waals surface area contributed by atoms with E-state index in [4.69, 9.17) is 19.3 Å². The van der Waals surface area contributed by atoms with Crippen molar-refractivity contribution in [1.29, 1.82) is 0 Å². The lowest BCUT2D eigenvalue weighted by Gasteiger charge is -2.38. The molecule has 0 amide bonds. The van der Waals surface area contributed by atoms with Gasteiger partial charge < -0.3 is 44.8 Å². The summed E-state index contributed by atoms with van der Waals surface area (Å²) in [6.07, 6.45) is -10.1. The normalized spacial score (nSPS) is 29.7. The highest BCUT2D eigenvalue weighted by Crippen LogP contribution is 2.43. The van der Waals surface area contributed by atoms with Crippen LogP contribution in [0.3, 0.4) is 0 Å². The molecular weight excluding hydrogens is 428 g/mol. The summed E-state index contributed by atoms with van der Waals surface area (Å²) in [4.78, 5) is 24.2. The van der Waals surface area contributed by atoms with E-state index >= 15 is 0 Å². The van der Waals surface area contributed by atoms with E-state index in [2.05, 4.69) is 0 Å². The summed E-state index contributed by atoms with van der Waals surface area (Å²) in [7, 11) is 0. The lowest BCUT2D eigenvalue weighted by Crippen LogP contribution is -2.61. The van der Waals surface area contributed by atoms with Gasteiger partial charge in [0.2, 0.25) is 6.29 Å². The molecule has 170 valence electrons. The Morgan fingerprint density at radius 1 is 0.969 bits per heavy atom. The number of carboxylic acid groups (broad SMARTS) is 1. The summed E-state index contributed by atoms with van der Waals surface area (Å²) in [6.45, 7) is 0.